The molecule has 1 aliphatic rings. The van der Waals surface area contributed by atoms with Crippen molar-refractivity contribution >= 4 is 17.9 Å². The van der Waals surface area contributed by atoms with Crippen LogP contribution in [-0.4, -0.2) is 33.2 Å². The van der Waals surface area contributed by atoms with Gasteiger partial charge in [-0.3, -0.25) is 4.79 Å². The molecule has 12 heavy (non-hydrogen) atoms. The van der Waals surface area contributed by atoms with Crippen molar-refractivity contribution in [2.24, 2.45) is 0 Å². The normalized spacial score (nSPS) is 19.8. The minimum Gasteiger partial charge on any atom is -0.480 e. The van der Waals surface area contributed by atoms with Gasteiger partial charge >= 0.3 is 5.97 Å². The summed E-state index contributed by atoms with van der Waals surface area (Å²) in [5.41, 5.74) is 0. The van der Waals surface area contributed by atoms with Crippen LogP contribution in [0.3, 0.4) is 0 Å². The van der Waals surface area contributed by atoms with E-state index in [1.54, 1.807) is 13.8 Å². The van der Waals surface area contributed by atoms with Crippen molar-refractivity contribution < 1.29 is 9.90 Å². The second-order valence-corrected chi connectivity index (χ2v) is 5.26. The molecule has 1 aliphatic heterocycles. The summed E-state index contributed by atoms with van der Waals surface area (Å²) in [6.45, 7) is 5.55. The molecule has 0 aromatic heterocycles. The molecule has 0 saturated carbocycles. The molecule has 0 bridgehead atoms. The lowest BCUT2D eigenvalue weighted by Crippen LogP contribution is -2.32. The van der Waals surface area contributed by atoms with Crippen LogP contribution in [0.2, 0.25) is 0 Å². The summed E-state index contributed by atoms with van der Waals surface area (Å²) in [6, 6.07) is 0. The fourth-order valence-corrected chi connectivity index (χ4v) is 2.31. The number of nitrogens with zero attached hydrogens (tertiary/aromatic N) is 1. The molecule has 1 heterocycles. The number of hydrogen-bond acceptors (Lipinski definition) is 3. The molecule has 1 saturated heterocycles. The van der Waals surface area contributed by atoms with E-state index in [9.17, 15) is 4.79 Å². The Balaban J connectivity index is 2.42. The average molecular weight is 189 g/mol. The summed E-state index contributed by atoms with van der Waals surface area (Å²) < 4.78 is 1.47. The maximum atomic E-state index is 10.8. The maximum absolute atomic E-state index is 10.8. The molecule has 0 aromatic carbocycles. The van der Waals surface area contributed by atoms with E-state index in [1.807, 2.05) is 0 Å². The molecule has 1 N–H and O–H groups in total. The average Bonchev–Trinajstić information content (AvgIpc) is 2.38. The van der Waals surface area contributed by atoms with E-state index in [-0.39, 0.29) is 0 Å². The first-order valence-electron chi connectivity index (χ1n) is 4.20. The number of aliphatic carboxylic acids is 1. The van der Waals surface area contributed by atoms with Gasteiger partial charge in [-0.15, -0.1) is 0 Å². The smallest absolute Gasteiger partial charge is 0.320 e. The fourth-order valence-electron chi connectivity index (χ4n) is 1.14. The molecule has 0 aromatic rings. The van der Waals surface area contributed by atoms with Crippen LogP contribution in [0.15, 0.2) is 0 Å². The van der Waals surface area contributed by atoms with E-state index >= 15 is 0 Å². The Kier molecular flexibility index (Phi) is 3.01. The molecular weight excluding hydrogens is 174 g/mol. The molecule has 1 rings (SSSR count). The van der Waals surface area contributed by atoms with Crippen molar-refractivity contribution in [1.82, 2.24) is 4.31 Å². The first-order valence-corrected chi connectivity index (χ1v) is 4.97. The van der Waals surface area contributed by atoms with Gasteiger partial charge in [-0.25, -0.2) is 4.31 Å². The van der Waals surface area contributed by atoms with Crippen LogP contribution < -0.4 is 0 Å². The zero-order chi connectivity index (χ0) is 9.19. The van der Waals surface area contributed by atoms with Gasteiger partial charge in [0.1, 0.15) is 4.75 Å². The van der Waals surface area contributed by atoms with Crippen molar-refractivity contribution in [3.63, 3.8) is 0 Å². The minimum absolute atomic E-state index is 0.676. The number of carboxylic acid groups (broad SMARTS) is 1. The van der Waals surface area contributed by atoms with Gasteiger partial charge in [0.15, 0.2) is 0 Å². The summed E-state index contributed by atoms with van der Waals surface area (Å²) >= 11 is 1.45. The quantitative estimate of drug-likeness (QED) is 0.684. The van der Waals surface area contributed by atoms with Crippen LogP contribution in [0.4, 0.5) is 0 Å². The summed E-state index contributed by atoms with van der Waals surface area (Å²) in [6.07, 6.45) is 2.39. The molecule has 3 nitrogen and oxygen atoms in total. The molecule has 0 amide bonds. The Bertz CT molecular complexity index is 176. The van der Waals surface area contributed by atoms with Crippen LogP contribution >= 0.6 is 11.9 Å². The second kappa shape index (κ2) is 3.66. The monoisotopic (exact) mass is 189 g/mol. The first kappa shape index (κ1) is 9.86. The second-order valence-electron chi connectivity index (χ2n) is 3.54. The van der Waals surface area contributed by atoms with E-state index in [2.05, 4.69) is 4.31 Å². The molecule has 0 aliphatic carbocycles. The third-order valence-corrected chi connectivity index (χ3v) is 3.19. The Morgan fingerprint density at radius 3 is 2.33 bits per heavy atom. The fraction of sp³-hybridized carbons (Fsp3) is 0.875. The number of hydrogen-bond donors (Lipinski definition) is 1. The lowest BCUT2D eigenvalue weighted by Gasteiger charge is -2.24. The Hall–Kier alpha value is -0.220. The maximum Gasteiger partial charge on any atom is 0.320 e. The molecule has 0 spiro atoms. The lowest BCUT2D eigenvalue weighted by molar-refractivity contribution is -0.138. The topological polar surface area (TPSA) is 40.5 Å². The van der Waals surface area contributed by atoms with Gasteiger partial charge in [-0.2, -0.15) is 0 Å². The summed E-state index contributed by atoms with van der Waals surface area (Å²) in [5, 5.41) is 8.85. The Morgan fingerprint density at radius 1 is 1.42 bits per heavy atom. The number of rotatable bonds is 3. The third kappa shape index (κ3) is 2.38. The number of carbonyl (C=O) groups is 1. The summed E-state index contributed by atoms with van der Waals surface area (Å²) in [7, 11) is 0. The van der Waals surface area contributed by atoms with Crippen molar-refractivity contribution in [1.29, 1.82) is 0 Å². The highest BCUT2D eigenvalue weighted by atomic mass is 32.2. The zero-order valence-corrected chi connectivity index (χ0v) is 8.36. The predicted octanol–water partition coefficient (Wildman–Crippen LogP) is 1.59. The van der Waals surface area contributed by atoms with Gasteiger partial charge in [0.25, 0.3) is 0 Å². The van der Waals surface area contributed by atoms with E-state index in [0.29, 0.717) is 0 Å². The molecule has 70 valence electrons. The van der Waals surface area contributed by atoms with Gasteiger partial charge < -0.3 is 5.11 Å². The Morgan fingerprint density at radius 2 is 1.92 bits per heavy atom. The third-order valence-electron chi connectivity index (χ3n) is 1.94. The zero-order valence-electron chi connectivity index (χ0n) is 7.54. The molecule has 0 unspecified atom stereocenters. The minimum atomic E-state index is -0.737. The van der Waals surface area contributed by atoms with Gasteiger partial charge in [0, 0.05) is 13.1 Å². The highest BCUT2D eigenvalue weighted by Gasteiger charge is 2.31. The Labute approximate surface area is 77.3 Å². The van der Waals surface area contributed by atoms with E-state index in [1.165, 1.54) is 24.8 Å². The van der Waals surface area contributed by atoms with Crippen molar-refractivity contribution in [3.05, 3.63) is 0 Å². The van der Waals surface area contributed by atoms with Crippen LogP contribution in [0.5, 0.6) is 0 Å². The largest absolute Gasteiger partial charge is 0.480 e. The predicted molar refractivity (Wildman–Crippen MR) is 50.1 cm³/mol. The van der Waals surface area contributed by atoms with Crippen molar-refractivity contribution in [2.45, 2.75) is 31.4 Å². The van der Waals surface area contributed by atoms with Crippen LogP contribution in [-0.2, 0) is 4.79 Å². The number of carboxylic acids is 1. The first-order chi connectivity index (χ1) is 5.52. The van der Waals surface area contributed by atoms with Gasteiger partial charge in [-0.05, 0) is 26.7 Å². The molecule has 1 fully saturated rings. The van der Waals surface area contributed by atoms with Crippen LogP contribution in [0, 0.1) is 0 Å². The summed E-state index contributed by atoms with van der Waals surface area (Å²) in [4.78, 5) is 10.8. The van der Waals surface area contributed by atoms with Crippen molar-refractivity contribution in [2.75, 3.05) is 13.1 Å². The highest BCUT2D eigenvalue weighted by Crippen LogP contribution is 2.30. The molecule has 0 atom stereocenters. The lowest BCUT2D eigenvalue weighted by atomic mass is 10.2. The SMILES string of the molecule is CC(C)(SN1CCCC1)C(=O)O. The van der Waals surface area contributed by atoms with E-state index in [4.69, 9.17) is 5.11 Å². The van der Waals surface area contributed by atoms with Crippen molar-refractivity contribution in [3.8, 4) is 0 Å². The van der Waals surface area contributed by atoms with Gasteiger partial charge in [0.2, 0.25) is 0 Å². The van der Waals surface area contributed by atoms with E-state index in [0.717, 1.165) is 13.1 Å². The van der Waals surface area contributed by atoms with Crippen LogP contribution in [0.25, 0.3) is 0 Å². The van der Waals surface area contributed by atoms with E-state index < -0.39 is 10.7 Å². The van der Waals surface area contributed by atoms with Gasteiger partial charge in [-0.1, -0.05) is 11.9 Å². The standard InChI is InChI=1S/C8H15NO2S/c1-8(2,7(10)11)12-9-5-3-4-6-9/h3-6H2,1-2H3,(H,10,11). The molecule has 4 heteroatoms. The van der Waals surface area contributed by atoms with Gasteiger partial charge in [0.05, 0.1) is 0 Å². The summed E-state index contributed by atoms with van der Waals surface area (Å²) in [5.74, 6) is -0.737. The molecule has 0 radical (unpaired) electrons. The highest BCUT2D eigenvalue weighted by molar-refractivity contribution is 7.99. The molecular formula is C8H15NO2S. The van der Waals surface area contributed by atoms with Crippen LogP contribution in [0.1, 0.15) is 26.7 Å².